The summed E-state index contributed by atoms with van der Waals surface area (Å²) in [6.45, 7) is 2.83. The summed E-state index contributed by atoms with van der Waals surface area (Å²) in [5.74, 6) is 0.101. The lowest BCUT2D eigenvalue weighted by Gasteiger charge is -2.33. The standard InChI is InChI=1S/C21H28FN3O3/c1-21(10-6-5-7-11-21)13-23-20(26)17-18(28-24-19(17)25(2)3)14-8-9-15(22)16(12-14)27-4/h8-9,12H,5-7,10-11,13H2,1-4H3,(H,23,26). The number of nitrogens with one attached hydrogen (secondary N) is 1. The molecule has 0 spiro atoms. The Bertz CT molecular complexity index is 841. The van der Waals surface area contributed by atoms with Crippen molar-refractivity contribution >= 4 is 11.7 Å². The molecule has 6 nitrogen and oxygen atoms in total. The zero-order chi connectivity index (χ0) is 20.3. The first-order valence-corrected chi connectivity index (χ1v) is 9.64. The van der Waals surface area contributed by atoms with Gasteiger partial charge in [-0.1, -0.05) is 31.3 Å². The van der Waals surface area contributed by atoms with Gasteiger partial charge in [0, 0.05) is 26.2 Å². The molecule has 1 fully saturated rings. The Labute approximate surface area is 165 Å². The number of nitrogens with zero attached hydrogens (tertiary/aromatic N) is 2. The van der Waals surface area contributed by atoms with Crippen LogP contribution in [-0.4, -0.2) is 38.8 Å². The summed E-state index contributed by atoms with van der Waals surface area (Å²) in [5.41, 5.74) is 0.994. The number of aromatic nitrogens is 1. The molecule has 0 aliphatic heterocycles. The first kappa shape index (κ1) is 20.2. The van der Waals surface area contributed by atoms with E-state index < -0.39 is 5.82 Å². The molecule has 1 amide bonds. The number of hydrogen-bond acceptors (Lipinski definition) is 5. The Morgan fingerprint density at radius 2 is 2.04 bits per heavy atom. The van der Waals surface area contributed by atoms with Crippen molar-refractivity contribution in [1.82, 2.24) is 10.5 Å². The van der Waals surface area contributed by atoms with Crippen LogP contribution >= 0.6 is 0 Å². The van der Waals surface area contributed by atoms with Gasteiger partial charge in [-0.05, 0) is 36.5 Å². The molecule has 152 valence electrons. The molecule has 1 saturated carbocycles. The van der Waals surface area contributed by atoms with Crippen molar-refractivity contribution in [3.05, 3.63) is 29.6 Å². The van der Waals surface area contributed by atoms with Gasteiger partial charge in [-0.3, -0.25) is 4.79 Å². The van der Waals surface area contributed by atoms with Gasteiger partial charge in [0.1, 0.15) is 5.56 Å². The minimum Gasteiger partial charge on any atom is -0.494 e. The van der Waals surface area contributed by atoms with Crippen LogP contribution in [0.4, 0.5) is 10.2 Å². The molecule has 1 N–H and O–H groups in total. The fourth-order valence-electron chi connectivity index (χ4n) is 3.75. The molecule has 1 aromatic carbocycles. The second kappa shape index (κ2) is 8.20. The third-order valence-corrected chi connectivity index (χ3v) is 5.47. The zero-order valence-electron chi connectivity index (χ0n) is 17.0. The summed E-state index contributed by atoms with van der Waals surface area (Å²) in [5, 5.41) is 7.13. The van der Waals surface area contributed by atoms with Crippen molar-refractivity contribution in [2.75, 3.05) is 32.6 Å². The molecule has 0 saturated heterocycles. The number of carbonyl (C=O) groups excluding carboxylic acids is 1. The number of carbonyl (C=O) groups is 1. The zero-order valence-corrected chi connectivity index (χ0v) is 17.0. The van der Waals surface area contributed by atoms with E-state index in [0.717, 1.165) is 12.8 Å². The SMILES string of the molecule is COc1cc(-c2onc(N(C)C)c2C(=O)NCC2(C)CCCCC2)ccc1F. The number of rotatable bonds is 6. The third-order valence-electron chi connectivity index (χ3n) is 5.47. The van der Waals surface area contributed by atoms with Gasteiger partial charge in [-0.25, -0.2) is 4.39 Å². The van der Waals surface area contributed by atoms with Gasteiger partial charge in [0.05, 0.1) is 7.11 Å². The minimum absolute atomic E-state index is 0.0846. The van der Waals surface area contributed by atoms with Crippen molar-refractivity contribution in [3.8, 4) is 17.1 Å². The van der Waals surface area contributed by atoms with Crippen LogP contribution in [0.5, 0.6) is 5.75 Å². The van der Waals surface area contributed by atoms with Crippen LogP contribution in [0.15, 0.2) is 22.7 Å². The molecular weight excluding hydrogens is 361 g/mol. The Kier molecular flexibility index (Phi) is 5.91. The molecule has 28 heavy (non-hydrogen) atoms. The number of anilines is 1. The van der Waals surface area contributed by atoms with Crippen LogP contribution in [0.25, 0.3) is 11.3 Å². The summed E-state index contributed by atoms with van der Waals surface area (Å²) in [6, 6.07) is 4.35. The molecule has 0 atom stereocenters. The van der Waals surface area contributed by atoms with Gasteiger partial charge in [0.2, 0.25) is 0 Å². The van der Waals surface area contributed by atoms with Gasteiger partial charge in [-0.15, -0.1) is 0 Å². The Morgan fingerprint density at radius 1 is 1.32 bits per heavy atom. The topological polar surface area (TPSA) is 67.6 Å². The highest BCUT2D eigenvalue weighted by Gasteiger charge is 2.30. The number of benzene rings is 1. The molecule has 1 heterocycles. The predicted molar refractivity (Wildman–Crippen MR) is 106 cm³/mol. The number of halogens is 1. The summed E-state index contributed by atoms with van der Waals surface area (Å²) in [6.07, 6.45) is 5.88. The van der Waals surface area contributed by atoms with Crippen LogP contribution in [0.2, 0.25) is 0 Å². The molecular formula is C21H28FN3O3. The van der Waals surface area contributed by atoms with E-state index >= 15 is 0 Å². The summed E-state index contributed by atoms with van der Waals surface area (Å²) in [4.78, 5) is 14.8. The van der Waals surface area contributed by atoms with Crippen LogP contribution in [-0.2, 0) is 0 Å². The molecule has 2 aromatic rings. The maximum absolute atomic E-state index is 13.8. The number of ether oxygens (including phenoxy) is 1. The number of amides is 1. The monoisotopic (exact) mass is 389 g/mol. The Balaban J connectivity index is 1.90. The van der Waals surface area contributed by atoms with Crippen molar-refractivity contribution in [3.63, 3.8) is 0 Å². The van der Waals surface area contributed by atoms with Gasteiger partial charge in [-0.2, -0.15) is 0 Å². The highest BCUT2D eigenvalue weighted by molar-refractivity contribution is 6.04. The van der Waals surface area contributed by atoms with Gasteiger partial charge in [0.15, 0.2) is 23.1 Å². The van der Waals surface area contributed by atoms with Crippen molar-refractivity contribution in [2.45, 2.75) is 39.0 Å². The number of methoxy groups -OCH3 is 1. The first-order chi connectivity index (χ1) is 13.3. The maximum Gasteiger partial charge on any atom is 0.259 e. The predicted octanol–water partition coefficient (Wildman–Crippen LogP) is 4.26. The molecule has 3 rings (SSSR count). The average molecular weight is 389 g/mol. The molecule has 1 aliphatic carbocycles. The largest absolute Gasteiger partial charge is 0.494 e. The lowest BCUT2D eigenvalue weighted by atomic mass is 9.76. The van der Waals surface area contributed by atoms with E-state index in [9.17, 15) is 9.18 Å². The lowest BCUT2D eigenvalue weighted by Crippen LogP contribution is -2.37. The van der Waals surface area contributed by atoms with E-state index in [1.807, 2.05) is 0 Å². The second-order valence-electron chi connectivity index (χ2n) is 8.01. The van der Waals surface area contributed by atoms with Gasteiger partial charge in [0.25, 0.3) is 5.91 Å². The Morgan fingerprint density at radius 3 is 2.68 bits per heavy atom. The van der Waals surface area contributed by atoms with Crippen molar-refractivity contribution < 1.29 is 18.4 Å². The summed E-state index contributed by atoms with van der Waals surface area (Å²) < 4.78 is 24.3. The van der Waals surface area contributed by atoms with E-state index in [4.69, 9.17) is 9.26 Å². The summed E-state index contributed by atoms with van der Waals surface area (Å²) in [7, 11) is 4.99. The molecule has 0 bridgehead atoms. The lowest BCUT2D eigenvalue weighted by molar-refractivity contribution is 0.0920. The minimum atomic E-state index is -0.477. The maximum atomic E-state index is 13.8. The van der Waals surface area contributed by atoms with Crippen LogP contribution in [0, 0.1) is 11.2 Å². The van der Waals surface area contributed by atoms with Gasteiger partial charge >= 0.3 is 0 Å². The fourth-order valence-corrected chi connectivity index (χ4v) is 3.75. The Hall–Kier alpha value is -2.57. The second-order valence-corrected chi connectivity index (χ2v) is 8.01. The van der Waals surface area contributed by atoms with Crippen molar-refractivity contribution in [2.24, 2.45) is 5.41 Å². The normalized spacial score (nSPS) is 15.9. The number of hydrogen-bond donors (Lipinski definition) is 1. The van der Waals surface area contributed by atoms with Crippen LogP contribution in [0.3, 0.4) is 0 Å². The van der Waals surface area contributed by atoms with Crippen LogP contribution in [0.1, 0.15) is 49.4 Å². The van der Waals surface area contributed by atoms with Gasteiger partial charge < -0.3 is 19.5 Å². The fraction of sp³-hybridized carbons (Fsp3) is 0.524. The van der Waals surface area contributed by atoms with Crippen molar-refractivity contribution in [1.29, 1.82) is 0 Å². The molecule has 1 aliphatic rings. The third kappa shape index (κ3) is 4.13. The quantitative estimate of drug-likeness (QED) is 0.800. The smallest absolute Gasteiger partial charge is 0.259 e. The molecule has 7 heteroatoms. The summed E-state index contributed by atoms with van der Waals surface area (Å²) >= 11 is 0. The van der Waals surface area contributed by atoms with E-state index in [1.54, 1.807) is 25.1 Å². The highest BCUT2D eigenvalue weighted by Crippen LogP contribution is 2.36. The van der Waals surface area contributed by atoms with E-state index in [0.29, 0.717) is 29.2 Å². The molecule has 0 radical (unpaired) electrons. The van der Waals surface area contributed by atoms with Crippen LogP contribution < -0.4 is 15.0 Å². The van der Waals surface area contributed by atoms with E-state index in [2.05, 4.69) is 17.4 Å². The first-order valence-electron chi connectivity index (χ1n) is 9.64. The van der Waals surface area contributed by atoms with E-state index in [1.165, 1.54) is 38.5 Å². The molecule has 1 aromatic heterocycles. The highest BCUT2D eigenvalue weighted by atomic mass is 19.1. The molecule has 0 unspecified atom stereocenters. The average Bonchev–Trinajstić information content (AvgIpc) is 3.13. The van der Waals surface area contributed by atoms with E-state index in [-0.39, 0.29) is 17.1 Å².